The van der Waals surface area contributed by atoms with E-state index in [-0.39, 0.29) is 4.90 Å². The van der Waals surface area contributed by atoms with Crippen LogP contribution in [0.1, 0.15) is 11.1 Å². The van der Waals surface area contributed by atoms with Gasteiger partial charge >= 0.3 is 5.24 Å². The number of amides is 2. The maximum atomic E-state index is 13.8. The van der Waals surface area contributed by atoms with Crippen LogP contribution < -0.4 is 0 Å². The minimum atomic E-state index is -4.40. The molecule has 2 amide bonds. The first-order valence-corrected chi connectivity index (χ1v) is 12.1. The highest BCUT2D eigenvalue weighted by Gasteiger charge is 2.59. The molecule has 5 rings (SSSR count). The van der Waals surface area contributed by atoms with E-state index in [9.17, 15) is 18.0 Å². The number of thioether (sulfide) groups is 1. The Morgan fingerprint density at radius 2 is 1.19 bits per heavy atom. The van der Waals surface area contributed by atoms with Crippen molar-refractivity contribution in [3.8, 4) is 0 Å². The smallest absolute Gasteiger partial charge is 0.271 e. The highest BCUT2D eigenvalue weighted by atomic mass is 32.2. The molecule has 1 aliphatic heterocycles. The van der Waals surface area contributed by atoms with Crippen LogP contribution in [0.25, 0.3) is 10.8 Å². The highest BCUT2D eigenvalue weighted by molar-refractivity contribution is 8.17. The Morgan fingerprint density at radius 3 is 1.78 bits per heavy atom. The summed E-state index contributed by atoms with van der Waals surface area (Å²) in [4.78, 5) is 26.8. The van der Waals surface area contributed by atoms with E-state index in [0.717, 1.165) is 17.1 Å². The van der Waals surface area contributed by atoms with Gasteiger partial charge in [0, 0.05) is 0 Å². The molecule has 32 heavy (non-hydrogen) atoms. The lowest BCUT2D eigenvalue weighted by Crippen LogP contribution is -2.41. The van der Waals surface area contributed by atoms with Gasteiger partial charge in [-0.05, 0) is 45.8 Å². The molecule has 4 aromatic carbocycles. The van der Waals surface area contributed by atoms with Crippen molar-refractivity contribution in [3.05, 3.63) is 114 Å². The van der Waals surface area contributed by atoms with Crippen molar-refractivity contribution in [1.82, 2.24) is 4.31 Å². The normalized spacial score (nSPS) is 15.9. The van der Waals surface area contributed by atoms with E-state index in [4.69, 9.17) is 0 Å². The molecular weight excluding hydrogens is 442 g/mol. The topological polar surface area (TPSA) is 71.5 Å². The van der Waals surface area contributed by atoms with Crippen LogP contribution in [0.5, 0.6) is 0 Å². The molecule has 0 saturated carbocycles. The minimum absolute atomic E-state index is 0.101. The number of rotatable bonds is 4. The largest absolute Gasteiger partial charge is 0.304 e. The summed E-state index contributed by atoms with van der Waals surface area (Å²) in [6.07, 6.45) is 0. The number of nitrogens with zero attached hydrogens (tertiary/aromatic N) is 1. The van der Waals surface area contributed by atoms with Crippen molar-refractivity contribution in [3.63, 3.8) is 0 Å². The lowest BCUT2D eigenvalue weighted by molar-refractivity contribution is -0.125. The lowest BCUT2D eigenvalue weighted by atomic mass is 9.89. The first-order chi connectivity index (χ1) is 15.4. The third-order valence-electron chi connectivity index (χ3n) is 5.51. The Kier molecular flexibility index (Phi) is 4.87. The van der Waals surface area contributed by atoms with Crippen molar-refractivity contribution in [2.24, 2.45) is 0 Å². The summed E-state index contributed by atoms with van der Waals surface area (Å²) in [6.45, 7) is 0. The number of carbonyl (C=O) groups is 2. The summed E-state index contributed by atoms with van der Waals surface area (Å²) >= 11 is 0.719. The van der Waals surface area contributed by atoms with Crippen molar-refractivity contribution in [2.75, 3.05) is 0 Å². The zero-order valence-corrected chi connectivity index (χ0v) is 18.3. The molecule has 0 bridgehead atoms. The zero-order valence-electron chi connectivity index (χ0n) is 16.7. The second kappa shape index (κ2) is 7.62. The van der Waals surface area contributed by atoms with E-state index in [1.54, 1.807) is 78.9 Å². The number of benzene rings is 4. The second-order valence-electron chi connectivity index (χ2n) is 7.36. The van der Waals surface area contributed by atoms with Crippen LogP contribution in [0.4, 0.5) is 4.79 Å². The average Bonchev–Trinajstić information content (AvgIpc) is 3.11. The monoisotopic (exact) mass is 459 g/mol. The summed E-state index contributed by atoms with van der Waals surface area (Å²) in [5, 5.41) is 0.747. The van der Waals surface area contributed by atoms with E-state index in [0.29, 0.717) is 20.8 Å². The summed E-state index contributed by atoms with van der Waals surface area (Å²) in [5.74, 6) is -0.793. The van der Waals surface area contributed by atoms with Crippen LogP contribution in [-0.2, 0) is 19.6 Å². The van der Waals surface area contributed by atoms with Gasteiger partial charge in [-0.1, -0.05) is 91.0 Å². The molecular formula is C25H17NO4S2. The Morgan fingerprint density at radius 1 is 0.656 bits per heavy atom. The Labute approximate surface area is 189 Å². The first kappa shape index (κ1) is 20.5. The Bertz CT molecular complexity index is 1410. The minimum Gasteiger partial charge on any atom is -0.271 e. The van der Waals surface area contributed by atoms with Gasteiger partial charge in [0.25, 0.3) is 15.9 Å². The van der Waals surface area contributed by atoms with Gasteiger partial charge in [0.1, 0.15) is 0 Å². The number of carbonyl (C=O) groups excluding carboxylic acids is 2. The predicted octanol–water partition coefficient (Wildman–Crippen LogP) is 5.17. The fourth-order valence-electron chi connectivity index (χ4n) is 3.96. The van der Waals surface area contributed by atoms with Gasteiger partial charge in [-0.2, -0.15) is 4.31 Å². The number of hydrogen-bond acceptors (Lipinski definition) is 5. The molecule has 0 radical (unpaired) electrons. The summed E-state index contributed by atoms with van der Waals surface area (Å²) < 4.78 is 26.0. The van der Waals surface area contributed by atoms with Crippen LogP contribution in [0.2, 0.25) is 0 Å². The second-order valence-corrected chi connectivity index (χ2v) is 10.3. The van der Waals surface area contributed by atoms with Crippen LogP contribution >= 0.6 is 11.8 Å². The third-order valence-corrected chi connectivity index (χ3v) is 8.60. The van der Waals surface area contributed by atoms with E-state index < -0.39 is 25.9 Å². The molecule has 1 saturated heterocycles. The van der Waals surface area contributed by atoms with E-state index in [1.165, 1.54) is 12.1 Å². The molecule has 0 atom stereocenters. The first-order valence-electron chi connectivity index (χ1n) is 9.87. The molecule has 1 fully saturated rings. The average molecular weight is 460 g/mol. The van der Waals surface area contributed by atoms with Crippen molar-refractivity contribution in [1.29, 1.82) is 0 Å². The fraction of sp³-hybridized carbons (Fsp3) is 0.0400. The molecule has 7 heteroatoms. The van der Waals surface area contributed by atoms with Gasteiger partial charge in [0.2, 0.25) is 0 Å². The standard InChI is InChI=1S/C25H17NO4S2/c27-23-25(20-11-3-1-4-12-20,21-13-5-2-6-14-21)31-24(28)26(23)32(29,30)22-16-15-18-9-7-8-10-19(18)17-22/h1-17H. The van der Waals surface area contributed by atoms with Crippen molar-refractivity contribution < 1.29 is 18.0 Å². The van der Waals surface area contributed by atoms with Gasteiger partial charge in [-0.25, -0.2) is 8.42 Å². The molecule has 5 nitrogen and oxygen atoms in total. The summed E-state index contributed by atoms with van der Waals surface area (Å²) in [7, 11) is -4.40. The molecule has 0 spiro atoms. The van der Waals surface area contributed by atoms with E-state index in [1.807, 2.05) is 12.1 Å². The van der Waals surface area contributed by atoms with Gasteiger partial charge in [0.15, 0.2) is 4.75 Å². The highest BCUT2D eigenvalue weighted by Crippen LogP contribution is 2.51. The maximum absolute atomic E-state index is 13.8. The predicted molar refractivity (Wildman–Crippen MR) is 125 cm³/mol. The van der Waals surface area contributed by atoms with Gasteiger partial charge in [-0.15, -0.1) is 0 Å². The van der Waals surface area contributed by atoms with Crippen LogP contribution in [0.15, 0.2) is 108 Å². The summed E-state index contributed by atoms with van der Waals surface area (Å²) in [6, 6.07) is 29.5. The number of sulfonamides is 1. The quantitative estimate of drug-likeness (QED) is 0.421. The Balaban J connectivity index is 1.67. The number of hydrogen-bond donors (Lipinski definition) is 0. The van der Waals surface area contributed by atoms with E-state index >= 15 is 0 Å². The third kappa shape index (κ3) is 3.04. The molecule has 0 aromatic heterocycles. The van der Waals surface area contributed by atoms with E-state index in [2.05, 4.69) is 0 Å². The molecule has 1 aliphatic rings. The van der Waals surface area contributed by atoms with Crippen LogP contribution in [0.3, 0.4) is 0 Å². The maximum Gasteiger partial charge on any atom is 0.304 e. The van der Waals surface area contributed by atoms with Gasteiger partial charge in [-0.3, -0.25) is 9.59 Å². The van der Waals surface area contributed by atoms with Crippen LogP contribution in [-0.4, -0.2) is 23.9 Å². The molecule has 0 aliphatic carbocycles. The number of fused-ring (bicyclic) bond motifs is 1. The van der Waals surface area contributed by atoms with Crippen molar-refractivity contribution >= 4 is 43.7 Å². The number of imide groups is 1. The molecule has 0 unspecified atom stereocenters. The van der Waals surface area contributed by atoms with Crippen LogP contribution in [0, 0.1) is 0 Å². The Hall–Kier alpha value is -3.42. The van der Waals surface area contributed by atoms with Crippen molar-refractivity contribution in [2.45, 2.75) is 9.64 Å². The lowest BCUT2D eigenvalue weighted by Gasteiger charge is -2.26. The van der Waals surface area contributed by atoms with Gasteiger partial charge < -0.3 is 0 Å². The molecule has 158 valence electrons. The summed E-state index contributed by atoms with van der Waals surface area (Å²) in [5.41, 5.74) is 1.09. The fourth-order valence-corrected chi connectivity index (χ4v) is 6.82. The molecule has 4 aromatic rings. The zero-order chi connectivity index (χ0) is 22.3. The molecule has 0 N–H and O–H groups in total. The molecule has 1 heterocycles. The van der Waals surface area contributed by atoms with Gasteiger partial charge in [0.05, 0.1) is 4.90 Å². The SMILES string of the molecule is O=C1SC(c2ccccc2)(c2ccccc2)C(=O)N1S(=O)(=O)c1ccc2ccccc2c1.